The summed E-state index contributed by atoms with van der Waals surface area (Å²) in [6, 6.07) is 0. The minimum atomic E-state index is 0.0399. The van der Waals surface area contributed by atoms with Crippen LogP contribution in [0.5, 0.6) is 0 Å². The molecule has 1 aliphatic rings. The van der Waals surface area contributed by atoms with Gasteiger partial charge in [0.15, 0.2) is 0 Å². The van der Waals surface area contributed by atoms with Gasteiger partial charge in [-0.05, 0) is 12.8 Å². The molecule has 0 radical (unpaired) electrons. The van der Waals surface area contributed by atoms with Gasteiger partial charge < -0.3 is 10.5 Å². The Hall–Kier alpha value is -0.0800. The molecule has 0 bridgehead atoms. The van der Waals surface area contributed by atoms with Crippen LogP contribution in [0.3, 0.4) is 0 Å². The second kappa shape index (κ2) is 3.35. The molecule has 0 saturated heterocycles. The van der Waals surface area contributed by atoms with Gasteiger partial charge in [0.2, 0.25) is 0 Å². The molecule has 10 heavy (non-hydrogen) atoms. The van der Waals surface area contributed by atoms with Crippen LogP contribution in [0.4, 0.5) is 0 Å². The molecule has 1 rings (SSSR count). The quantitative estimate of drug-likeness (QED) is 0.632. The SMILES string of the molecule is COC1(CN)CCCCC1. The van der Waals surface area contributed by atoms with Crippen molar-refractivity contribution in [3.05, 3.63) is 0 Å². The van der Waals surface area contributed by atoms with Crippen LogP contribution in [0, 0.1) is 0 Å². The molecule has 0 atom stereocenters. The summed E-state index contributed by atoms with van der Waals surface area (Å²) in [6.45, 7) is 0.684. The molecule has 1 fully saturated rings. The van der Waals surface area contributed by atoms with Gasteiger partial charge in [0.05, 0.1) is 5.60 Å². The zero-order valence-corrected chi connectivity index (χ0v) is 6.73. The third-order valence-electron chi connectivity index (χ3n) is 2.57. The highest BCUT2D eigenvalue weighted by atomic mass is 16.5. The van der Waals surface area contributed by atoms with Crippen LogP contribution in [-0.4, -0.2) is 19.3 Å². The average molecular weight is 143 g/mol. The predicted octanol–water partition coefficient (Wildman–Crippen LogP) is 1.29. The molecule has 2 heteroatoms. The second-order valence-corrected chi connectivity index (χ2v) is 3.15. The van der Waals surface area contributed by atoms with Crippen LogP contribution in [0.15, 0.2) is 0 Å². The Kier molecular flexibility index (Phi) is 2.69. The van der Waals surface area contributed by atoms with Crippen molar-refractivity contribution in [1.29, 1.82) is 0 Å². The van der Waals surface area contributed by atoms with E-state index in [1.165, 1.54) is 19.3 Å². The molecular weight excluding hydrogens is 126 g/mol. The van der Waals surface area contributed by atoms with Crippen LogP contribution >= 0.6 is 0 Å². The minimum absolute atomic E-state index is 0.0399. The van der Waals surface area contributed by atoms with Gasteiger partial charge >= 0.3 is 0 Å². The Morgan fingerprint density at radius 1 is 1.30 bits per heavy atom. The van der Waals surface area contributed by atoms with Gasteiger partial charge in [-0.2, -0.15) is 0 Å². The molecule has 0 aromatic carbocycles. The Labute approximate surface area is 62.7 Å². The highest BCUT2D eigenvalue weighted by Crippen LogP contribution is 2.29. The summed E-state index contributed by atoms with van der Waals surface area (Å²) < 4.78 is 5.40. The number of rotatable bonds is 2. The van der Waals surface area contributed by atoms with Gasteiger partial charge in [-0.1, -0.05) is 19.3 Å². The molecule has 60 valence electrons. The van der Waals surface area contributed by atoms with Crippen molar-refractivity contribution < 1.29 is 4.74 Å². The van der Waals surface area contributed by atoms with Crippen molar-refractivity contribution in [3.8, 4) is 0 Å². The van der Waals surface area contributed by atoms with Crippen LogP contribution in [0.1, 0.15) is 32.1 Å². The first-order valence-corrected chi connectivity index (χ1v) is 4.08. The summed E-state index contributed by atoms with van der Waals surface area (Å²) in [5.74, 6) is 0. The summed E-state index contributed by atoms with van der Waals surface area (Å²) in [5.41, 5.74) is 5.66. The fourth-order valence-corrected chi connectivity index (χ4v) is 1.69. The highest BCUT2D eigenvalue weighted by Gasteiger charge is 2.29. The number of ether oxygens (including phenoxy) is 1. The molecule has 1 saturated carbocycles. The van der Waals surface area contributed by atoms with Crippen LogP contribution in [0.25, 0.3) is 0 Å². The summed E-state index contributed by atoms with van der Waals surface area (Å²) in [7, 11) is 1.78. The van der Waals surface area contributed by atoms with E-state index in [9.17, 15) is 0 Å². The number of hydrogen-bond donors (Lipinski definition) is 1. The van der Waals surface area contributed by atoms with E-state index in [0.717, 1.165) is 12.8 Å². The molecule has 2 nitrogen and oxygen atoms in total. The molecule has 1 aliphatic carbocycles. The number of hydrogen-bond acceptors (Lipinski definition) is 2. The molecule has 0 spiro atoms. The average Bonchev–Trinajstić information content (AvgIpc) is 2.06. The van der Waals surface area contributed by atoms with Gasteiger partial charge in [-0.15, -0.1) is 0 Å². The lowest BCUT2D eigenvalue weighted by Crippen LogP contribution is -2.41. The maximum atomic E-state index is 5.62. The lowest BCUT2D eigenvalue weighted by molar-refractivity contribution is -0.0312. The topological polar surface area (TPSA) is 35.2 Å². The fraction of sp³-hybridized carbons (Fsp3) is 1.00. The smallest absolute Gasteiger partial charge is 0.0800 e. The Morgan fingerprint density at radius 2 is 1.90 bits per heavy atom. The minimum Gasteiger partial charge on any atom is -0.377 e. The van der Waals surface area contributed by atoms with Crippen LogP contribution in [-0.2, 0) is 4.74 Å². The molecule has 0 aromatic heterocycles. The van der Waals surface area contributed by atoms with Gasteiger partial charge in [-0.3, -0.25) is 0 Å². The third-order valence-corrected chi connectivity index (χ3v) is 2.57. The van der Waals surface area contributed by atoms with Gasteiger partial charge in [0, 0.05) is 13.7 Å². The lowest BCUT2D eigenvalue weighted by Gasteiger charge is -2.34. The highest BCUT2D eigenvalue weighted by molar-refractivity contribution is 4.84. The number of methoxy groups -OCH3 is 1. The Balaban J connectivity index is 2.44. The molecule has 2 N–H and O–H groups in total. The van der Waals surface area contributed by atoms with E-state index in [-0.39, 0.29) is 5.60 Å². The van der Waals surface area contributed by atoms with Crippen molar-refractivity contribution in [2.75, 3.05) is 13.7 Å². The normalized spacial score (nSPS) is 24.6. The molecule has 0 heterocycles. The van der Waals surface area contributed by atoms with Gasteiger partial charge in [0.1, 0.15) is 0 Å². The summed E-state index contributed by atoms with van der Waals surface area (Å²) >= 11 is 0. The fourth-order valence-electron chi connectivity index (χ4n) is 1.69. The largest absolute Gasteiger partial charge is 0.377 e. The van der Waals surface area contributed by atoms with Crippen molar-refractivity contribution in [2.24, 2.45) is 5.73 Å². The van der Waals surface area contributed by atoms with Crippen LogP contribution < -0.4 is 5.73 Å². The molecular formula is C8H17NO. The van der Waals surface area contributed by atoms with Crippen molar-refractivity contribution >= 4 is 0 Å². The van der Waals surface area contributed by atoms with Crippen molar-refractivity contribution in [2.45, 2.75) is 37.7 Å². The number of nitrogens with two attached hydrogens (primary N) is 1. The van der Waals surface area contributed by atoms with E-state index >= 15 is 0 Å². The lowest BCUT2D eigenvalue weighted by atomic mass is 9.85. The van der Waals surface area contributed by atoms with Gasteiger partial charge in [0.25, 0.3) is 0 Å². The zero-order chi connectivity index (χ0) is 7.45. The van der Waals surface area contributed by atoms with Gasteiger partial charge in [-0.25, -0.2) is 0 Å². The first-order valence-electron chi connectivity index (χ1n) is 4.08. The van der Waals surface area contributed by atoms with E-state index in [2.05, 4.69) is 0 Å². The van der Waals surface area contributed by atoms with E-state index in [4.69, 9.17) is 10.5 Å². The molecule has 0 amide bonds. The maximum Gasteiger partial charge on any atom is 0.0800 e. The van der Waals surface area contributed by atoms with Crippen molar-refractivity contribution in [3.63, 3.8) is 0 Å². The third kappa shape index (κ3) is 1.50. The summed E-state index contributed by atoms with van der Waals surface area (Å²) in [6.07, 6.45) is 6.22. The predicted molar refractivity (Wildman–Crippen MR) is 41.9 cm³/mol. The van der Waals surface area contributed by atoms with E-state index in [0.29, 0.717) is 6.54 Å². The van der Waals surface area contributed by atoms with E-state index < -0.39 is 0 Å². The molecule has 0 aliphatic heterocycles. The first kappa shape index (κ1) is 8.02. The Morgan fingerprint density at radius 3 is 2.20 bits per heavy atom. The zero-order valence-electron chi connectivity index (χ0n) is 6.73. The van der Waals surface area contributed by atoms with Crippen LogP contribution in [0.2, 0.25) is 0 Å². The first-order chi connectivity index (χ1) is 4.83. The monoisotopic (exact) mass is 143 g/mol. The maximum absolute atomic E-state index is 5.62. The molecule has 0 aromatic rings. The Bertz CT molecular complexity index is 91.4. The van der Waals surface area contributed by atoms with Crippen molar-refractivity contribution in [1.82, 2.24) is 0 Å². The second-order valence-electron chi connectivity index (χ2n) is 3.15. The molecule has 0 unspecified atom stereocenters. The standard InChI is InChI=1S/C8H17NO/c1-10-8(7-9)5-3-2-4-6-8/h2-7,9H2,1H3. The van der Waals surface area contributed by atoms with E-state index in [1.807, 2.05) is 0 Å². The van der Waals surface area contributed by atoms with E-state index in [1.54, 1.807) is 7.11 Å². The summed E-state index contributed by atoms with van der Waals surface area (Å²) in [4.78, 5) is 0. The summed E-state index contributed by atoms with van der Waals surface area (Å²) in [5, 5.41) is 0.